The Hall–Kier alpha value is -3.20. The monoisotopic (exact) mass is 580 g/mol. The van der Waals surface area contributed by atoms with Gasteiger partial charge in [-0.3, -0.25) is 14.5 Å². The lowest BCUT2D eigenvalue weighted by Gasteiger charge is -2.23. The number of carbonyl (C=O) groups excluding carboxylic acids is 2. The van der Waals surface area contributed by atoms with Crippen LogP contribution in [0.3, 0.4) is 0 Å². The van der Waals surface area contributed by atoms with Crippen LogP contribution in [0.25, 0.3) is 16.0 Å². The third-order valence-corrected chi connectivity index (χ3v) is 8.07. The molecule has 180 valence electrons. The molecule has 2 atom stereocenters. The molecule has 1 N–H and O–H groups in total. The SMILES string of the molecule is C[C@H]1Cc2cc(/C(O)=C3\C(=O)C(=O)N(c4nc5ccc(Cl)cc5s4)[C@H]3c3cccc(Br)c3)ccc2O1. The molecule has 9 heteroatoms. The maximum Gasteiger partial charge on any atom is 0.301 e. The molecular weight excluding hydrogens is 564 g/mol. The number of anilines is 1. The van der Waals surface area contributed by atoms with Crippen molar-refractivity contribution in [1.29, 1.82) is 0 Å². The van der Waals surface area contributed by atoms with Gasteiger partial charge >= 0.3 is 5.91 Å². The van der Waals surface area contributed by atoms with E-state index in [2.05, 4.69) is 20.9 Å². The Bertz CT molecular complexity index is 1610. The summed E-state index contributed by atoms with van der Waals surface area (Å²) in [7, 11) is 0. The molecule has 2 aliphatic rings. The van der Waals surface area contributed by atoms with E-state index in [9.17, 15) is 14.7 Å². The number of thiazole rings is 1. The number of nitrogens with zero attached hydrogens (tertiary/aromatic N) is 2. The van der Waals surface area contributed by atoms with E-state index in [1.54, 1.807) is 30.3 Å². The molecule has 2 aliphatic heterocycles. The molecule has 6 rings (SSSR count). The molecule has 36 heavy (non-hydrogen) atoms. The van der Waals surface area contributed by atoms with Crippen LogP contribution in [0.5, 0.6) is 5.75 Å². The minimum absolute atomic E-state index is 0.0160. The number of carbonyl (C=O) groups is 2. The zero-order chi connectivity index (χ0) is 25.1. The van der Waals surface area contributed by atoms with E-state index in [0.29, 0.717) is 33.2 Å². The number of benzene rings is 3. The highest BCUT2D eigenvalue weighted by atomic mass is 79.9. The second-order valence-electron chi connectivity index (χ2n) is 8.79. The van der Waals surface area contributed by atoms with Crippen LogP contribution in [-0.4, -0.2) is 27.9 Å². The van der Waals surface area contributed by atoms with Gasteiger partial charge in [0.05, 0.1) is 21.8 Å². The Labute approximate surface area is 223 Å². The molecule has 3 heterocycles. The van der Waals surface area contributed by atoms with Gasteiger partial charge in [-0.2, -0.15) is 0 Å². The first kappa shape index (κ1) is 23.2. The molecule has 0 bridgehead atoms. The number of ether oxygens (including phenoxy) is 1. The van der Waals surface area contributed by atoms with Crippen molar-refractivity contribution in [2.45, 2.75) is 25.5 Å². The second-order valence-corrected chi connectivity index (χ2v) is 11.1. The lowest BCUT2D eigenvalue weighted by Crippen LogP contribution is -2.29. The molecule has 0 unspecified atom stereocenters. The molecule has 0 aliphatic carbocycles. The number of hydrogen-bond acceptors (Lipinski definition) is 6. The fourth-order valence-corrected chi connectivity index (χ4v) is 6.42. The van der Waals surface area contributed by atoms with Gasteiger partial charge in [-0.15, -0.1) is 0 Å². The van der Waals surface area contributed by atoms with Crippen molar-refractivity contribution in [2.75, 3.05) is 4.90 Å². The van der Waals surface area contributed by atoms with Gasteiger partial charge < -0.3 is 9.84 Å². The number of aliphatic hydroxyl groups is 1. The summed E-state index contributed by atoms with van der Waals surface area (Å²) in [5.74, 6) is -0.979. The number of ketones is 1. The largest absolute Gasteiger partial charge is 0.507 e. The van der Waals surface area contributed by atoms with Crippen LogP contribution < -0.4 is 9.64 Å². The van der Waals surface area contributed by atoms with Gasteiger partial charge in [0.15, 0.2) is 5.13 Å². The lowest BCUT2D eigenvalue weighted by molar-refractivity contribution is -0.132. The molecular formula is C27H18BrClN2O4S. The number of fused-ring (bicyclic) bond motifs is 2. The Balaban J connectivity index is 1.54. The van der Waals surface area contributed by atoms with Crippen LogP contribution in [-0.2, 0) is 16.0 Å². The van der Waals surface area contributed by atoms with E-state index >= 15 is 0 Å². The number of hydrogen-bond donors (Lipinski definition) is 1. The summed E-state index contributed by atoms with van der Waals surface area (Å²) in [4.78, 5) is 32.9. The van der Waals surface area contributed by atoms with Gasteiger partial charge in [0.1, 0.15) is 17.6 Å². The first-order chi connectivity index (χ1) is 17.3. The van der Waals surface area contributed by atoms with E-state index in [1.807, 2.05) is 37.3 Å². The third kappa shape index (κ3) is 3.80. The van der Waals surface area contributed by atoms with Gasteiger partial charge in [0, 0.05) is 21.5 Å². The van der Waals surface area contributed by atoms with Gasteiger partial charge in [0.2, 0.25) is 0 Å². The van der Waals surface area contributed by atoms with E-state index in [-0.39, 0.29) is 17.4 Å². The standard InChI is InChI=1S/C27H18BrClN2O4S/c1-13-9-16-10-15(5-8-20(16)35-13)24(32)22-23(14-3-2-4-17(28)11-14)31(26(34)25(22)33)27-30-19-7-6-18(29)12-21(19)36-27/h2-8,10-13,23,32H,9H2,1H3/b24-22+/t13-,23-/m0/s1. The zero-order valence-electron chi connectivity index (χ0n) is 18.9. The van der Waals surface area contributed by atoms with Crippen LogP contribution in [0.2, 0.25) is 5.02 Å². The first-order valence-electron chi connectivity index (χ1n) is 11.2. The molecule has 1 saturated heterocycles. The van der Waals surface area contributed by atoms with E-state index < -0.39 is 17.7 Å². The fraction of sp³-hybridized carbons (Fsp3) is 0.148. The van der Waals surface area contributed by atoms with Crippen LogP contribution in [0.15, 0.2) is 70.7 Å². The van der Waals surface area contributed by atoms with Gasteiger partial charge in [0.25, 0.3) is 5.78 Å². The highest BCUT2D eigenvalue weighted by molar-refractivity contribution is 9.10. The average molecular weight is 582 g/mol. The molecule has 4 aromatic rings. The minimum atomic E-state index is -0.859. The van der Waals surface area contributed by atoms with Crippen molar-refractivity contribution >= 4 is 71.7 Å². The van der Waals surface area contributed by atoms with E-state index in [0.717, 1.165) is 20.5 Å². The first-order valence-corrected chi connectivity index (χ1v) is 13.2. The van der Waals surface area contributed by atoms with Crippen LogP contribution in [0.1, 0.15) is 29.7 Å². The van der Waals surface area contributed by atoms with Gasteiger partial charge in [-0.05, 0) is 66.6 Å². The predicted molar refractivity (Wildman–Crippen MR) is 144 cm³/mol. The molecule has 0 radical (unpaired) electrons. The van der Waals surface area contributed by atoms with E-state index in [4.69, 9.17) is 16.3 Å². The summed E-state index contributed by atoms with van der Waals surface area (Å²) < 4.78 is 7.35. The van der Waals surface area contributed by atoms with Crippen molar-refractivity contribution in [3.8, 4) is 5.75 Å². The van der Waals surface area contributed by atoms with E-state index in [1.165, 1.54) is 16.2 Å². The number of amides is 1. The van der Waals surface area contributed by atoms with Crippen molar-refractivity contribution in [2.24, 2.45) is 0 Å². The number of aromatic nitrogens is 1. The predicted octanol–water partition coefficient (Wildman–Crippen LogP) is 6.66. The fourth-order valence-electron chi connectivity index (χ4n) is 4.74. The molecule has 0 saturated carbocycles. The Morgan fingerprint density at radius 2 is 2.00 bits per heavy atom. The molecule has 1 aromatic heterocycles. The highest BCUT2D eigenvalue weighted by Gasteiger charge is 2.48. The summed E-state index contributed by atoms with van der Waals surface area (Å²) in [6.07, 6.45) is 0.742. The Morgan fingerprint density at radius 1 is 1.17 bits per heavy atom. The molecule has 6 nitrogen and oxygen atoms in total. The molecule has 1 fully saturated rings. The highest BCUT2D eigenvalue weighted by Crippen LogP contribution is 2.45. The smallest absolute Gasteiger partial charge is 0.301 e. The molecule has 0 spiro atoms. The molecule has 1 amide bonds. The minimum Gasteiger partial charge on any atom is -0.507 e. The maximum absolute atomic E-state index is 13.4. The Morgan fingerprint density at radius 3 is 2.81 bits per heavy atom. The van der Waals surface area contributed by atoms with Crippen molar-refractivity contribution in [3.05, 3.63) is 92.4 Å². The summed E-state index contributed by atoms with van der Waals surface area (Å²) in [6.45, 7) is 1.98. The van der Waals surface area contributed by atoms with Crippen molar-refractivity contribution in [3.63, 3.8) is 0 Å². The molecule has 3 aromatic carbocycles. The summed E-state index contributed by atoms with van der Waals surface area (Å²) in [6, 6.07) is 17.1. The third-order valence-electron chi connectivity index (χ3n) is 6.32. The van der Waals surface area contributed by atoms with Crippen LogP contribution in [0, 0.1) is 0 Å². The Kier molecular flexibility index (Phi) is 5.63. The zero-order valence-corrected chi connectivity index (χ0v) is 22.0. The quantitative estimate of drug-likeness (QED) is 0.166. The topological polar surface area (TPSA) is 79.7 Å². The lowest BCUT2D eigenvalue weighted by atomic mass is 9.94. The summed E-state index contributed by atoms with van der Waals surface area (Å²) in [5.41, 5.74) is 2.76. The van der Waals surface area contributed by atoms with Crippen LogP contribution >= 0.6 is 38.9 Å². The number of aliphatic hydroxyl groups excluding tert-OH is 1. The van der Waals surface area contributed by atoms with Crippen molar-refractivity contribution in [1.82, 2.24) is 4.98 Å². The van der Waals surface area contributed by atoms with Gasteiger partial charge in [-0.25, -0.2) is 4.98 Å². The normalized spacial score (nSPS) is 20.7. The number of halogens is 2. The summed E-state index contributed by atoms with van der Waals surface area (Å²) in [5, 5.41) is 12.4. The second kappa shape index (κ2) is 8.73. The number of rotatable bonds is 3. The maximum atomic E-state index is 13.4. The number of Topliss-reactive ketones (excluding diaryl/α,β-unsaturated/α-hetero) is 1. The van der Waals surface area contributed by atoms with Crippen molar-refractivity contribution < 1.29 is 19.4 Å². The summed E-state index contributed by atoms with van der Waals surface area (Å²) >= 11 is 10.9. The van der Waals surface area contributed by atoms with Crippen LogP contribution in [0.4, 0.5) is 5.13 Å². The van der Waals surface area contributed by atoms with Gasteiger partial charge in [-0.1, -0.05) is 51.0 Å². The average Bonchev–Trinajstić information content (AvgIpc) is 3.50.